The molecule has 0 bridgehead atoms. The second kappa shape index (κ2) is 4.74. The molecule has 1 unspecified atom stereocenters. The van der Waals surface area contributed by atoms with Crippen LogP contribution in [0.25, 0.3) is 0 Å². The minimum Gasteiger partial charge on any atom is -0.480 e. The average Bonchev–Trinajstić information content (AvgIpc) is 2.17. The summed E-state index contributed by atoms with van der Waals surface area (Å²) in [6.45, 7) is 10.1. The first-order valence-corrected chi connectivity index (χ1v) is 6.36. The Balaban J connectivity index is 3.00. The highest BCUT2D eigenvalue weighted by Gasteiger charge is 2.48. The maximum absolute atomic E-state index is 11.7. The van der Waals surface area contributed by atoms with Gasteiger partial charge in [0.15, 0.2) is 0 Å². The summed E-state index contributed by atoms with van der Waals surface area (Å²) in [7, 11) is 0. The molecule has 0 aromatic rings. The van der Waals surface area contributed by atoms with Crippen LogP contribution in [-0.4, -0.2) is 34.6 Å². The maximum Gasteiger partial charge on any atom is 0.324 e. The number of carboxylic acids is 1. The van der Waals surface area contributed by atoms with E-state index in [1.54, 1.807) is 0 Å². The van der Waals surface area contributed by atoms with E-state index in [1.165, 1.54) is 0 Å². The molecular weight excluding hydrogens is 202 g/mol. The van der Waals surface area contributed by atoms with E-state index in [0.29, 0.717) is 0 Å². The molecule has 0 spiro atoms. The lowest BCUT2D eigenvalue weighted by molar-refractivity contribution is -0.157. The molecule has 3 heteroatoms. The summed E-state index contributed by atoms with van der Waals surface area (Å²) in [6.07, 6.45) is 3.74. The monoisotopic (exact) mass is 227 g/mol. The van der Waals surface area contributed by atoms with Gasteiger partial charge in [0, 0.05) is 0 Å². The topological polar surface area (TPSA) is 40.5 Å². The van der Waals surface area contributed by atoms with Crippen molar-refractivity contribution in [1.29, 1.82) is 0 Å². The van der Waals surface area contributed by atoms with Gasteiger partial charge in [0.05, 0.1) is 0 Å². The van der Waals surface area contributed by atoms with Gasteiger partial charge in [-0.2, -0.15) is 0 Å². The molecule has 16 heavy (non-hydrogen) atoms. The molecular formula is C13H25NO2. The smallest absolute Gasteiger partial charge is 0.324 e. The van der Waals surface area contributed by atoms with E-state index in [-0.39, 0.29) is 5.41 Å². The number of likely N-dealkylation sites (N-methyl/N-ethyl adjacent to an activating group) is 1. The fourth-order valence-electron chi connectivity index (χ4n) is 3.24. The number of hydrogen-bond donors (Lipinski definition) is 1. The van der Waals surface area contributed by atoms with E-state index in [4.69, 9.17) is 0 Å². The van der Waals surface area contributed by atoms with Gasteiger partial charge < -0.3 is 5.11 Å². The molecule has 94 valence electrons. The van der Waals surface area contributed by atoms with Gasteiger partial charge in [0.2, 0.25) is 0 Å². The van der Waals surface area contributed by atoms with Crippen molar-refractivity contribution in [1.82, 2.24) is 4.90 Å². The predicted molar refractivity (Wildman–Crippen MR) is 65.5 cm³/mol. The van der Waals surface area contributed by atoms with Gasteiger partial charge in [-0.3, -0.25) is 9.69 Å². The predicted octanol–water partition coefficient (Wildman–Crippen LogP) is 2.75. The Kier molecular flexibility index (Phi) is 4.00. The highest BCUT2D eigenvalue weighted by molar-refractivity contribution is 5.79. The summed E-state index contributed by atoms with van der Waals surface area (Å²) in [4.78, 5) is 13.8. The summed E-state index contributed by atoms with van der Waals surface area (Å²) >= 11 is 0. The van der Waals surface area contributed by atoms with E-state index in [1.807, 2.05) is 0 Å². The number of carboxylic acid groups (broad SMARTS) is 1. The van der Waals surface area contributed by atoms with Crippen LogP contribution in [0.3, 0.4) is 0 Å². The Morgan fingerprint density at radius 3 is 2.19 bits per heavy atom. The molecule has 1 atom stereocenters. The highest BCUT2D eigenvalue weighted by Crippen LogP contribution is 2.44. The lowest BCUT2D eigenvalue weighted by atomic mass is 9.67. The molecule has 1 saturated carbocycles. The zero-order chi connectivity index (χ0) is 12.4. The van der Waals surface area contributed by atoms with Gasteiger partial charge in [-0.05, 0) is 37.8 Å². The minimum atomic E-state index is -0.635. The van der Waals surface area contributed by atoms with Crippen LogP contribution in [-0.2, 0) is 4.79 Å². The SMILES string of the molecule is CCN(CC)C1(C(=O)O)CCCC(C)(C)C1. The van der Waals surface area contributed by atoms with E-state index in [2.05, 4.69) is 32.6 Å². The molecule has 1 aliphatic carbocycles. The molecule has 0 radical (unpaired) electrons. The minimum absolute atomic E-state index is 0.152. The van der Waals surface area contributed by atoms with Crippen molar-refractivity contribution in [3.05, 3.63) is 0 Å². The van der Waals surface area contributed by atoms with Crippen molar-refractivity contribution in [3.63, 3.8) is 0 Å². The van der Waals surface area contributed by atoms with Crippen LogP contribution >= 0.6 is 0 Å². The third-order valence-corrected chi connectivity index (χ3v) is 3.98. The quantitative estimate of drug-likeness (QED) is 0.803. The number of hydrogen-bond acceptors (Lipinski definition) is 2. The first-order valence-electron chi connectivity index (χ1n) is 6.36. The van der Waals surface area contributed by atoms with Crippen LogP contribution in [0, 0.1) is 5.41 Å². The van der Waals surface area contributed by atoms with Crippen LogP contribution < -0.4 is 0 Å². The third-order valence-electron chi connectivity index (χ3n) is 3.98. The van der Waals surface area contributed by atoms with Crippen molar-refractivity contribution in [2.75, 3.05) is 13.1 Å². The zero-order valence-corrected chi connectivity index (χ0v) is 11.0. The molecule has 1 N–H and O–H groups in total. The second-order valence-electron chi connectivity index (χ2n) is 5.70. The van der Waals surface area contributed by atoms with E-state index >= 15 is 0 Å². The van der Waals surface area contributed by atoms with Gasteiger partial charge in [-0.1, -0.05) is 34.1 Å². The Hall–Kier alpha value is -0.570. The standard InChI is InChI=1S/C13H25NO2/c1-5-14(6-2)13(11(15)16)9-7-8-12(3,4)10-13/h5-10H2,1-4H3,(H,15,16). The van der Waals surface area contributed by atoms with Crippen LogP contribution in [0.2, 0.25) is 0 Å². The molecule has 0 aromatic carbocycles. The fourth-order valence-corrected chi connectivity index (χ4v) is 3.24. The van der Waals surface area contributed by atoms with Crippen molar-refractivity contribution in [3.8, 4) is 0 Å². The van der Waals surface area contributed by atoms with Gasteiger partial charge in [-0.15, -0.1) is 0 Å². The summed E-state index contributed by atoms with van der Waals surface area (Å²) in [5.74, 6) is -0.635. The third kappa shape index (κ3) is 2.40. The zero-order valence-electron chi connectivity index (χ0n) is 11.0. The van der Waals surface area contributed by atoms with Crippen molar-refractivity contribution >= 4 is 5.97 Å². The summed E-state index contributed by atoms with van der Waals surface area (Å²) < 4.78 is 0. The molecule has 0 heterocycles. The van der Waals surface area contributed by atoms with Crippen molar-refractivity contribution in [2.45, 2.75) is 58.9 Å². The largest absolute Gasteiger partial charge is 0.480 e. The Labute approximate surface area is 98.8 Å². The van der Waals surface area contributed by atoms with E-state index in [0.717, 1.165) is 38.8 Å². The fraction of sp³-hybridized carbons (Fsp3) is 0.923. The number of nitrogens with zero attached hydrogens (tertiary/aromatic N) is 1. The van der Waals surface area contributed by atoms with E-state index in [9.17, 15) is 9.90 Å². The molecule has 1 fully saturated rings. The van der Waals surface area contributed by atoms with Crippen LogP contribution in [0.5, 0.6) is 0 Å². The molecule has 1 aliphatic rings. The van der Waals surface area contributed by atoms with Gasteiger partial charge in [-0.25, -0.2) is 0 Å². The molecule has 0 aromatic heterocycles. The summed E-state index contributed by atoms with van der Waals surface area (Å²) in [5.41, 5.74) is -0.468. The number of carbonyl (C=O) groups is 1. The summed E-state index contributed by atoms with van der Waals surface area (Å²) in [5, 5.41) is 9.61. The van der Waals surface area contributed by atoms with Gasteiger partial charge in [0.25, 0.3) is 0 Å². The molecule has 0 aliphatic heterocycles. The number of aliphatic carboxylic acids is 1. The first kappa shape index (κ1) is 13.5. The lowest BCUT2D eigenvalue weighted by Crippen LogP contribution is -2.58. The molecule has 0 saturated heterocycles. The van der Waals surface area contributed by atoms with Crippen molar-refractivity contribution < 1.29 is 9.90 Å². The van der Waals surface area contributed by atoms with Gasteiger partial charge in [0.1, 0.15) is 5.54 Å². The maximum atomic E-state index is 11.7. The normalized spacial score (nSPS) is 29.3. The molecule has 0 amide bonds. The molecule has 3 nitrogen and oxygen atoms in total. The second-order valence-corrected chi connectivity index (χ2v) is 5.70. The van der Waals surface area contributed by atoms with Crippen LogP contribution in [0.4, 0.5) is 0 Å². The van der Waals surface area contributed by atoms with Crippen LogP contribution in [0.15, 0.2) is 0 Å². The number of rotatable bonds is 4. The summed E-state index contributed by atoms with van der Waals surface area (Å²) in [6, 6.07) is 0. The van der Waals surface area contributed by atoms with Crippen molar-refractivity contribution in [2.24, 2.45) is 5.41 Å². The lowest BCUT2D eigenvalue weighted by Gasteiger charge is -2.48. The highest BCUT2D eigenvalue weighted by atomic mass is 16.4. The van der Waals surface area contributed by atoms with Crippen LogP contribution in [0.1, 0.15) is 53.4 Å². The first-order chi connectivity index (χ1) is 7.38. The van der Waals surface area contributed by atoms with Gasteiger partial charge >= 0.3 is 5.97 Å². The van der Waals surface area contributed by atoms with E-state index < -0.39 is 11.5 Å². The Bertz CT molecular complexity index is 259. The average molecular weight is 227 g/mol. The Morgan fingerprint density at radius 1 is 1.25 bits per heavy atom. The Morgan fingerprint density at radius 2 is 1.81 bits per heavy atom. The molecule has 1 rings (SSSR count).